The zero-order chi connectivity index (χ0) is 18.8. The minimum absolute atomic E-state index is 0.108. The summed E-state index contributed by atoms with van der Waals surface area (Å²) in [7, 11) is 0. The van der Waals surface area contributed by atoms with Gasteiger partial charge in [0.2, 0.25) is 5.91 Å². The van der Waals surface area contributed by atoms with Gasteiger partial charge >= 0.3 is 0 Å². The standard InChI is InChI=1S/C19H22N6O2/c1-2-23-7-9-24(10-8-23)12-17(26)25-16-6-4-3-5-15(16)22-19(27)14-11-20-13-21-18(14)25/h3-6,11,13H,2,7-10,12H2,1H3,(H,22,27). The van der Waals surface area contributed by atoms with Crippen LogP contribution in [0.2, 0.25) is 0 Å². The van der Waals surface area contributed by atoms with Crippen LogP contribution in [-0.2, 0) is 4.79 Å². The molecule has 2 aromatic rings. The molecule has 0 bridgehead atoms. The predicted molar refractivity (Wildman–Crippen MR) is 102 cm³/mol. The summed E-state index contributed by atoms with van der Waals surface area (Å²) in [6.45, 7) is 7.07. The molecular formula is C19H22N6O2. The maximum absolute atomic E-state index is 13.3. The molecule has 2 amide bonds. The van der Waals surface area contributed by atoms with Gasteiger partial charge < -0.3 is 10.2 Å². The number of hydrogen-bond acceptors (Lipinski definition) is 6. The number of piperazine rings is 1. The highest BCUT2D eigenvalue weighted by Crippen LogP contribution is 2.36. The number of nitrogens with zero attached hydrogens (tertiary/aromatic N) is 5. The Bertz CT molecular complexity index is 863. The van der Waals surface area contributed by atoms with E-state index in [4.69, 9.17) is 0 Å². The van der Waals surface area contributed by atoms with Crippen molar-refractivity contribution in [3.63, 3.8) is 0 Å². The molecule has 8 nitrogen and oxygen atoms in total. The summed E-state index contributed by atoms with van der Waals surface area (Å²) in [4.78, 5) is 40.1. The maximum Gasteiger partial charge on any atom is 0.261 e. The molecule has 2 aliphatic rings. The number of anilines is 3. The number of aromatic nitrogens is 2. The molecule has 0 radical (unpaired) electrons. The van der Waals surface area contributed by atoms with Crippen molar-refractivity contribution >= 4 is 29.0 Å². The molecule has 2 aliphatic heterocycles. The Morgan fingerprint density at radius 1 is 1.15 bits per heavy atom. The maximum atomic E-state index is 13.3. The van der Waals surface area contributed by atoms with E-state index in [1.54, 1.807) is 6.07 Å². The van der Waals surface area contributed by atoms with E-state index in [-0.39, 0.29) is 23.9 Å². The first-order valence-electron chi connectivity index (χ1n) is 9.15. The number of hydrogen-bond donors (Lipinski definition) is 1. The van der Waals surface area contributed by atoms with E-state index in [1.807, 2.05) is 18.2 Å². The molecule has 1 fully saturated rings. The van der Waals surface area contributed by atoms with E-state index < -0.39 is 0 Å². The molecule has 1 aromatic carbocycles. The minimum atomic E-state index is -0.315. The molecular weight excluding hydrogens is 344 g/mol. The van der Waals surface area contributed by atoms with Crippen molar-refractivity contribution in [3.8, 4) is 0 Å². The molecule has 4 rings (SSSR count). The van der Waals surface area contributed by atoms with E-state index in [1.165, 1.54) is 17.4 Å². The third kappa shape index (κ3) is 3.41. The van der Waals surface area contributed by atoms with E-state index in [0.717, 1.165) is 32.7 Å². The number of rotatable bonds is 3. The van der Waals surface area contributed by atoms with Gasteiger partial charge in [-0.3, -0.25) is 19.4 Å². The van der Waals surface area contributed by atoms with Gasteiger partial charge in [0.1, 0.15) is 11.9 Å². The highest BCUT2D eigenvalue weighted by molar-refractivity contribution is 6.17. The molecule has 1 N–H and O–H groups in total. The van der Waals surface area contributed by atoms with Gasteiger partial charge in [0, 0.05) is 32.4 Å². The molecule has 0 atom stereocenters. The third-order valence-electron chi connectivity index (χ3n) is 5.06. The molecule has 0 unspecified atom stereocenters. The Balaban J connectivity index is 1.66. The van der Waals surface area contributed by atoms with Gasteiger partial charge in [0.05, 0.1) is 17.9 Å². The average molecular weight is 366 g/mol. The fourth-order valence-electron chi connectivity index (χ4n) is 3.52. The van der Waals surface area contributed by atoms with Gasteiger partial charge in [-0.05, 0) is 18.7 Å². The summed E-state index contributed by atoms with van der Waals surface area (Å²) >= 11 is 0. The SMILES string of the molecule is CCN1CCN(CC(=O)N2c3ccccc3NC(=O)c3cncnc32)CC1. The third-order valence-corrected chi connectivity index (χ3v) is 5.06. The predicted octanol–water partition coefficient (Wildman–Crippen LogP) is 1.34. The van der Waals surface area contributed by atoms with Crippen LogP contribution in [0.5, 0.6) is 0 Å². The number of amides is 2. The first kappa shape index (κ1) is 17.6. The summed E-state index contributed by atoms with van der Waals surface area (Å²) in [5, 5.41) is 2.85. The van der Waals surface area contributed by atoms with Gasteiger partial charge in [-0.2, -0.15) is 0 Å². The van der Waals surface area contributed by atoms with Crippen molar-refractivity contribution in [2.45, 2.75) is 6.92 Å². The number of carbonyl (C=O) groups is 2. The highest BCUT2D eigenvalue weighted by atomic mass is 16.2. The summed E-state index contributed by atoms with van der Waals surface area (Å²) < 4.78 is 0. The normalized spacial score (nSPS) is 17.7. The van der Waals surface area contributed by atoms with Crippen molar-refractivity contribution in [2.24, 2.45) is 0 Å². The van der Waals surface area contributed by atoms with E-state index in [2.05, 4.69) is 32.0 Å². The van der Waals surface area contributed by atoms with Crippen molar-refractivity contribution in [3.05, 3.63) is 42.4 Å². The lowest BCUT2D eigenvalue weighted by atomic mass is 10.2. The van der Waals surface area contributed by atoms with Gasteiger partial charge in [-0.25, -0.2) is 9.97 Å². The smallest absolute Gasteiger partial charge is 0.261 e. The number of fused-ring (bicyclic) bond motifs is 2. The van der Waals surface area contributed by atoms with Crippen LogP contribution >= 0.6 is 0 Å². The summed E-state index contributed by atoms with van der Waals surface area (Å²) in [5.41, 5.74) is 1.50. The van der Waals surface area contributed by atoms with Crippen LogP contribution in [0.3, 0.4) is 0 Å². The number of nitrogens with one attached hydrogen (secondary N) is 1. The van der Waals surface area contributed by atoms with Crippen LogP contribution in [-0.4, -0.2) is 70.9 Å². The Hall–Kier alpha value is -2.84. The highest BCUT2D eigenvalue weighted by Gasteiger charge is 2.31. The molecule has 1 aromatic heterocycles. The second-order valence-electron chi connectivity index (χ2n) is 6.67. The van der Waals surface area contributed by atoms with Crippen LogP contribution in [0.1, 0.15) is 17.3 Å². The first-order valence-corrected chi connectivity index (χ1v) is 9.15. The quantitative estimate of drug-likeness (QED) is 0.883. The van der Waals surface area contributed by atoms with Gasteiger partial charge in [-0.15, -0.1) is 0 Å². The van der Waals surface area contributed by atoms with Crippen LogP contribution < -0.4 is 10.2 Å². The second-order valence-corrected chi connectivity index (χ2v) is 6.67. The molecule has 140 valence electrons. The second kappa shape index (κ2) is 7.42. The molecule has 1 saturated heterocycles. The lowest BCUT2D eigenvalue weighted by molar-refractivity contribution is -0.119. The first-order chi connectivity index (χ1) is 13.2. The Labute approximate surface area is 157 Å². The molecule has 3 heterocycles. The van der Waals surface area contributed by atoms with Gasteiger partial charge in [0.15, 0.2) is 5.82 Å². The Morgan fingerprint density at radius 2 is 1.89 bits per heavy atom. The average Bonchev–Trinajstić information content (AvgIpc) is 2.82. The lowest BCUT2D eigenvalue weighted by Crippen LogP contribution is -2.49. The fraction of sp³-hybridized carbons (Fsp3) is 0.368. The number of benzene rings is 1. The summed E-state index contributed by atoms with van der Waals surface area (Å²) in [5.74, 6) is -0.0987. The largest absolute Gasteiger partial charge is 0.320 e. The van der Waals surface area contributed by atoms with E-state index in [0.29, 0.717) is 17.2 Å². The zero-order valence-electron chi connectivity index (χ0n) is 15.3. The van der Waals surface area contributed by atoms with E-state index >= 15 is 0 Å². The Kier molecular flexibility index (Phi) is 4.83. The van der Waals surface area contributed by atoms with Crippen molar-refractivity contribution in [2.75, 3.05) is 49.5 Å². The van der Waals surface area contributed by atoms with Crippen LogP contribution in [0.25, 0.3) is 0 Å². The van der Waals surface area contributed by atoms with Crippen molar-refractivity contribution in [1.82, 2.24) is 19.8 Å². The number of para-hydroxylation sites is 2. The number of likely N-dealkylation sites (N-methyl/N-ethyl adjacent to an activating group) is 1. The summed E-state index contributed by atoms with van der Waals surface area (Å²) in [6.07, 6.45) is 2.81. The molecule has 0 spiro atoms. The molecule has 8 heteroatoms. The van der Waals surface area contributed by atoms with E-state index in [9.17, 15) is 9.59 Å². The minimum Gasteiger partial charge on any atom is -0.320 e. The Morgan fingerprint density at radius 3 is 2.67 bits per heavy atom. The van der Waals surface area contributed by atoms with Gasteiger partial charge in [0.25, 0.3) is 5.91 Å². The van der Waals surface area contributed by atoms with Crippen molar-refractivity contribution < 1.29 is 9.59 Å². The van der Waals surface area contributed by atoms with Gasteiger partial charge in [-0.1, -0.05) is 19.1 Å². The summed E-state index contributed by atoms with van der Waals surface area (Å²) in [6, 6.07) is 7.28. The molecule has 0 aliphatic carbocycles. The van der Waals surface area contributed by atoms with Crippen LogP contribution in [0, 0.1) is 0 Å². The molecule has 0 saturated carbocycles. The van der Waals surface area contributed by atoms with Crippen LogP contribution in [0.15, 0.2) is 36.8 Å². The fourth-order valence-corrected chi connectivity index (χ4v) is 3.52. The monoisotopic (exact) mass is 366 g/mol. The molecule has 27 heavy (non-hydrogen) atoms. The zero-order valence-corrected chi connectivity index (χ0v) is 15.3. The van der Waals surface area contributed by atoms with Crippen molar-refractivity contribution in [1.29, 1.82) is 0 Å². The topological polar surface area (TPSA) is 81.7 Å². The lowest BCUT2D eigenvalue weighted by Gasteiger charge is -2.34. The van der Waals surface area contributed by atoms with Crippen LogP contribution in [0.4, 0.5) is 17.2 Å². The number of carbonyl (C=O) groups excluding carboxylic acids is 2.